The highest BCUT2D eigenvalue weighted by atomic mass is 19.1. The molecular weight excluding hydrogens is 333 g/mol. The molecule has 0 aliphatic heterocycles. The van der Waals surface area contributed by atoms with Gasteiger partial charge in [-0.25, -0.2) is 14.1 Å². The van der Waals surface area contributed by atoms with Crippen LogP contribution in [0, 0.1) is 12.7 Å². The van der Waals surface area contributed by atoms with Gasteiger partial charge in [-0.15, -0.1) is 0 Å². The van der Waals surface area contributed by atoms with E-state index in [1.807, 2.05) is 38.1 Å². The quantitative estimate of drug-likeness (QED) is 0.701. The van der Waals surface area contributed by atoms with E-state index in [1.165, 1.54) is 16.8 Å². The van der Waals surface area contributed by atoms with E-state index in [0.717, 1.165) is 0 Å². The molecule has 0 aliphatic rings. The first-order valence-corrected chi connectivity index (χ1v) is 8.36. The molecule has 5 nitrogen and oxygen atoms in total. The molecule has 6 heteroatoms. The molecule has 0 amide bonds. The van der Waals surface area contributed by atoms with Crippen LogP contribution in [0.25, 0.3) is 5.69 Å². The van der Waals surface area contributed by atoms with Crippen LogP contribution in [-0.4, -0.2) is 22.1 Å². The zero-order valence-corrected chi connectivity index (χ0v) is 14.9. The number of nitrogens with zero attached hydrogens (tertiary/aromatic N) is 2. The second-order valence-corrected chi connectivity index (χ2v) is 5.83. The Kier molecular flexibility index (Phi) is 5.02. The van der Waals surface area contributed by atoms with Gasteiger partial charge in [-0.3, -0.25) is 9.89 Å². The Balaban J connectivity index is 2.05. The minimum atomic E-state index is -0.351. The van der Waals surface area contributed by atoms with Gasteiger partial charge in [0.15, 0.2) is 0 Å². The van der Waals surface area contributed by atoms with Gasteiger partial charge >= 0.3 is 0 Å². The van der Waals surface area contributed by atoms with Gasteiger partial charge in [0, 0.05) is 5.69 Å². The number of ether oxygens (including phenoxy) is 1. The zero-order valence-electron chi connectivity index (χ0n) is 14.9. The molecule has 0 spiro atoms. The molecule has 3 rings (SSSR count). The molecule has 0 radical (unpaired) electrons. The van der Waals surface area contributed by atoms with E-state index in [1.54, 1.807) is 19.1 Å². The maximum Gasteiger partial charge on any atom is 0.280 e. The summed E-state index contributed by atoms with van der Waals surface area (Å²) < 4.78 is 20.1. The second-order valence-electron chi connectivity index (χ2n) is 5.83. The van der Waals surface area contributed by atoms with Crippen LogP contribution in [0.2, 0.25) is 0 Å². The monoisotopic (exact) mass is 353 g/mol. The van der Waals surface area contributed by atoms with Crippen LogP contribution in [0.5, 0.6) is 5.75 Å². The predicted octanol–water partition coefficient (Wildman–Crippen LogP) is 4.15. The van der Waals surface area contributed by atoms with Crippen LogP contribution in [0.3, 0.4) is 0 Å². The third kappa shape index (κ3) is 3.44. The molecule has 0 atom stereocenters. The van der Waals surface area contributed by atoms with Crippen molar-refractivity contribution in [2.45, 2.75) is 20.8 Å². The van der Waals surface area contributed by atoms with Crippen LogP contribution >= 0.6 is 0 Å². The van der Waals surface area contributed by atoms with Gasteiger partial charge in [0.05, 0.1) is 23.6 Å². The fraction of sp³-hybridized carbons (Fsp3) is 0.200. The molecule has 134 valence electrons. The van der Waals surface area contributed by atoms with Crippen molar-refractivity contribution in [3.63, 3.8) is 0 Å². The first kappa shape index (κ1) is 17.7. The Bertz CT molecular complexity index is 1000. The van der Waals surface area contributed by atoms with Crippen molar-refractivity contribution in [3.05, 3.63) is 76.0 Å². The smallest absolute Gasteiger partial charge is 0.280 e. The van der Waals surface area contributed by atoms with Crippen LogP contribution < -0.4 is 10.3 Å². The number of benzene rings is 2. The molecule has 26 heavy (non-hydrogen) atoms. The van der Waals surface area contributed by atoms with E-state index >= 15 is 0 Å². The Labute approximate surface area is 150 Å². The number of aliphatic imine (C=N–C) groups is 1. The topological polar surface area (TPSA) is 59.4 Å². The molecule has 0 saturated carbocycles. The lowest BCUT2D eigenvalue weighted by molar-refractivity contribution is 0.341. The molecule has 0 aliphatic carbocycles. The summed E-state index contributed by atoms with van der Waals surface area (Å²) in [5.41, 5.74) is 2.75. The summed E-state index contributed by atoms with van der Waals surface area (Å²) in [7, 11) is 0. The van der Waals surface area contributed by atoms with Crippen LogP contribution in [0.4, 0.5) is 10.1 Å². The van der Waals surface area contributed by atoms with Crippen molar-refractivity contribution in [2.24, 2.45) is 4.99 Å². The number of H-pyrrole nitrogens is 1. The number of halogens is 1. The highest BCUT2D eigenvalue weighted by Crippen LogP contribution is 2.27. The molecular formula is C20H20FN3O2. The lowest BCUT2D eigenvalue weighted by Crippen LogP contribution is -2.19. The van der Waals surface area contributed by atoms with E-state index in [4.69, 9.17) is 4.74 Å². The maximum absolute atomic E-state index is 13.1. The fourth-order valence-corrected chi connectivity index (χ4v) is 2.81. The zero-order chi connectivity index (χ0) is 18.7. The standard InChI is InChI=1S/C20H20FN3O2/c1-4-26-18-8-6-5-7-17(18)22-13(2)19-14(3)23-24(20(19)25)16-11-9-15(21)10-12-16/h5-12,23H,4H2,1-3H3. The summed E-state index contributed by atoms with van der Waals surface area (Å²) in [6.45, 7) is 6.04. The molecule has 1 heterocycles. The number of hydrogen-bond donors (Lipinski definition) is 1. The Morgan fingerprint density at radius 2 is 1.88 bits per heavy atom. The lowest BCUT2D eigenvalue weighted by Gasteiger charge is -2.07. The number of aromatic nitrogens is 2. The molecule has 0 fully saturated rings. The number of nitrogens with one attached hydrogen (secondary N) is 1. The van der Waals surface area contributed by atoms with Gasteiger partial charge in [-0.1, -0.05) is 12.1 Å². The van der Waals surface area contributed by atoms with E-state index in [2.05, 4.69) is 10.1 Å². The number of para-hydroxylation sites is 2. The summed E-state index contributed by atoms with van der Waals surface area (Å²) in [5.74, 6) is 0.317. The summed E-state index contributed by atoms with van der Waals surface area (Å²) in [6, 6.07) is 13.2. The number of rotatable bonds is 5. The lowest BCUT2D eigenvalue weighted by atomic mass is 10.1. The van der Waals surface area contributed by atoms with Gasteiger partial charge < -0.3 is 4.74 Å². The normalized spacial score (nSPS) is 11.6. The van der Waals surface area contributed by atoms with Crippen molar-refractivity contribution >= 4 is 11.4 Å². The van der Waals surface area contributed by atoms with Crippen LogP contribution in [-0.2, 0) is 0 Å². The minimum Gasteiger partial charge on any atom is -0.492 e. The van der Waals surface area contributed by atoms with Crippen molar-refractivity contribution in [1.82, 2.24) is 9.78 Å². The number of aromatic amines is 1. The first-order chi connectivity index (χ1) is 12.5. The molecule has 0 bridgehead atoms. The average Bonchev–Trinajstić information content (AvgIpc) is 2.92. The van der Waals surface area contributed by atoms with E-state index < -0.39 is 0 Å². The van der Waals surface area contributed by atoms with E-state index in [0.29, 0.717) is 40.7 Å². The maximum atomic E-state index is 13.1. The van der Waals surface area contributed by atoms with Gasteiger partial charge in [0.1, 0.15) is 17.3 Å². The Morgan fingerprint density at radius 3 is 2.58 bits per heavy atom. The third-order valence-corrected chi connectivity index (χ3v) is 3.97. The summed E-state index contributed by atoms with van der Waals surface area (Å²) in [4.78, 5) is 17.4. The molecule has 0 saturated heterocycles. The molecule has 0 unspecified atom stereocenters. The molecule has 1 aromatic heterocycles. The van der Waals surface area contributed by atoms with Crippen molar-refractivity contribution in [2.75, 3.05) is 6.61 Å². The van der Waals surface area contributed by atoms with Crippen molar-refractivity contribution < 1.29 is 9.13 Å². The van der Waals surface area contributed by atoms with E-state index in [-0.39, 0.29) is 11.4 Å². The minimum absolute atomic E-state index is 0.232. The Hall–Kier alpha value is -3.15. The van der Waals surface area contributed by atoms with Gasteiger partial charge in [0.25, 0.3) is 5.56 Å². The molecule has 1 N–H and O–H groups in total. The highest BCUT2D eigenvalue weighted by Gasteiger charge is 2.15. The van der Waals surface area contributed by atoms with Crippen molar-refractivity contribution in [3.8, 4) is 11.4 Å². The summed E-state index contributed by atoms with van der Waals surface area (Å²) in [5, 5.41) is 3.02. The highest BCUT2D eigenvalue weighted by molar-refractivity contribution is 6.01. The summed E-state index contributed by atoms with van der Waals surface area (Å²) >= 11 is 0. The van der Waals surface area contributed by atoms with Gasteiger partial charge in [-0.2, -0.15) is 0 Å². The Morgan fingerprint density at radius 1 is 1.19 bits per heavy atom. The van der Waals surface area contributed by atoms with E-state index in [9.17, 15) is 9.18 Å². The molecule has 2 aromatic carbocycles. The van der Waals surface area contributed by atoms with Crippen molar-refractivity contribution in [1.29, 1.82) is 0 Å². The number of aryl methyl sites for hydroxylation is 1. The van der Waals surface area contributed by atoms with Gasteiger partial charge in [-0.05, 0) is 57.2 Å². The fourth-order valence-electron chi connectivity index (χ4n) is 2.81. The second kappa shape index (κ2) is 7.39. The van der Waals surface area contributed by atoms with Gasteiger partial charge in [0.2, 0.25) is 0 Å². The SMILES string of the molecule is CCOc1ccccc1N=C(C)c1c(C)[nH]n(-c2ccc(F)cc2)c1=O. The number of hydrogen-bond acceptors (Lipinski definition) is 3. The van der Waals surface area contributed by atoms with Crippen LogP contribution in [0.15, 0.2) is 58.3 Å². The molecule has 3 aromatic rings. The first-order valence-electron chi connectivity index (χ1n) is 8.36. The predicted molar refractivity (Wildman–Crippen MR) is 101 cm³/mol. The largest absolute Gasteiger partial charge is 0.492 e. The third-order valence-electron chi connectivity index (χ3n) is 3.97. The average molecular weight is 353 g/mol. The summed E-state index contributed by atoms with van der Waals surface area (Å²) in [6.07, 6.45) is 0. The van der Waals surface area contributed by atoms with Crippen LogP contribution in [0.1, 0.15) is 25.1 Å².